The summed E-state index contributed by atoms with van der Waals surface area (Å²) < 4.78 is 0.811. The summed E-state index contributed by atoms with van der Waals surface area (Å²) >= 11 is 3.29. The molecule has 0 fully saturated rings. The first-order valence-electron chi connectivity index (χ1n) is 5.79. The van der Waals surface area contributed by atoms with Crippen LogP contribution in [0.1, 0.15) is 5.56 Å². The number of nitrogens with zero attached hydrogens (tertiary/aromatic N) is 1. The molecule has 0 aliphatic carbocycles. The lowest BCUT2D eigenvalue weighted by molar-refractivity contribution is 0.252. The predicted octanol–water partition coefficient (Wildman–Crippen LogP) is 3.31. The van der Waals surface area contributed by atoms with Crippen LogP contribution in [-0.2, 0) is 0 Å². The van der Waals surface area contributed by atoms with Crippen LogP contribution in [0.4, 0.5) is 10.5 Å². The summed E-state index contributed by atoms with van der Waals surface area (Å²) in [4.78, 5) is 11.5. The van der Waals surface area contributed by atoms with Gasteiger partial charge < -0.3 is 10.4 Å². The molecule has 2 rings (SSSR count). The highest BCUT2D eigenvalue weighted by molar-refractivity contribution is 9.10. The average Bonchev–Trinajstić information content (AvgIpc) is 2.44. The predicted molar refractivity (Wildman–Crippen MR) is 82.0 cm³/mol. The normalized spacial score (nSPS) is 10.4. The summed E-state index contributed by atoms with van der Waals surface area (Å²) in [5, 5.41) is 16.0. The molecule has 2 amide bonds. The smallest absolute Gasteiger partial charge is 0.339 e. The maximum Gasteiger partial charge on any atom is 0.339 e. The number of benzene rings is 2. The SMILES string of the molecule is O=C(N/N=C\c1cc(Br)ccc1O)Nc1ccccc1. The molecular weight excluding hydrogens is 322 g/mol. The zero-order valence-electron chi connectivity index (χ0n) is 10.4. The van der Waals surface area contributed by atoms with Crippen molar-refractivity contribution in [2.24, 2.45) is 5.10 Å². The number of nitrogens with one attached hydrogen (secondary N) is 2. The van der Waals surface area contributed by atoms with E-state index in [-0.39, 0.29) is 5.75 Å². The number of hydrogen-bond acceptors (Lipinski definition) is 3. The number of phenolic OH excluding ortho intramolecular Hbond substituents is 1. The van der Waals surface area contributed by atoms with Crippen LogP contribution < -0.4 is 10.7 Å². The van der Waals surface area contributed by atoms with E-state index in [9.17, 15) is 9.90 Å². The van der Waals surface area contributed by atoms with Gasteiger partial charge in [-0.3, -0.25) is 0 Å². The molecule has 0 saturated heterocycles. The minimum atomic E-state index is -0.457. The second-order valence-electron chi connectivity index (χ2n) is 3.89. The Morgan fingerprint density at radius 2 is 1.95 bits per heavy atom. The van der Waals surface area contributed by atoms with Gasteiger partial charge in [0.05, 0.1) is 6.21 Å². The maximum absolute atomic E-state index is 11.5. The van der Waals surface area contributed by atoms with Crippen molar-refractivity contribution in [3.05, 3.63) is 58.6 Å². The minimum Gasteiger partial charge on any atom is -0.507 e. The molecule has 0 heterocycles. The number of carbonyl (C=O) groups is 1. The van der Waals surface area contributed by atoms with E-state index in [0.29, 0.717) is 11.3 Å². The second kappa shape index (κ2) is 6.72. The van der Waals surface area contributed by atoms with Crippen molar-refractivity contribution in [3.63, 3.8) is 0 Å². The van der Waals surface area contributed by atoms with Gasteiger partial charge in [-0.25, -0.2) is 10.2 Å². The molecule has 6 heteroatoms. The van der Waals surface area contributed by atoms with E-state index >= 15 is 0 Å². The Bertz CT molecular complexity index is 630. The number of rotatable bonds is 3. The molecule has 3 N–H and O–H groups in total. The summed E-state index contributed by atoms with van der Waals surface area (Å²) in [5.41, 5.74) is 3.49. The average molecular weight is 334 g/mol. The Kier molecular flexibility index (Phi) is 4.73. The van der Waals surface area contributed by atoms with E-state index in [2.05, 4.69) is 31.8 Å². The molecule has 0 aliphatic heterocycles. The number of aromatic hydroxyl groups is 1. The van der Waals surface area contributed by atoms with E-state index in [4.69, 9.17) is 0 Å². The number of anilines is 1. The van der Waals surface area contributed by atoms with Gasteiger partial charge in [-0.2, -0.15) is 5.10 Å². The van der Waals surface area contributed by atoms with Gasteiger partial charge in [-0.15, -0.1) is 0 Å². The van der Waals surface area contributed by atoms with Crippen LogP contribution in [0.3, 0.4) is 0 Å². The monoisotopic (exact) mass is 333 g/mol. The number of para-hydroxylation sites is 1. The molecule has 0 aliphatic rings. The largest absolute Gasteiger partial charge is 0.507 e. The first-order valence-corrected chi connectivity index (χ1v) is 6.58. The van der Waals surface area contributed by atoms with E-state index in [1.54, 1.807) is 24.3 Å². The highest BCUT2D eigenvalue weighted by atomic mass is 79.9. The summed E-state index contributed by atoms with van der Waals surface area (Å²) in [7, 11) is 0. The second-order valence-corrected chi connectivity index (χ2v) is 4.81. The molecule has 0 aromatic heterocycles. The standard InChI is InChI=1S/C14H12BrN3O2/c15-11-6-7-13(19)10(8-11)9-16-18-14(20)17-12-4-2-1-3-5-12/h1-9,19H,(H2,17,18,20)/b16-9-. The van der Waals surface area contributed by atoms with Crippen LogP contribution in [0, 0.1) is 0 Å². The summed E-state index contributed by atoms with van der Waals surface area (Å²) in [6.45, 7) is 0. The highest BCUT2D eigenvalue weighted by Crippen LogP contribution is 2.19. The fourth-order valence-electron chi connectivity index (χ4n) is 1.47. The maximum atomic E-state index is 11.5. The van der Waals surface area contributed by atoms with E-state index in [0.717, 1.165) is 4.47 Å². The number of amides is 2. The van der Waals surface area contributed by atoms with Crippen LogP contribution in [0.5, 0.6) is 5.75 Å². The van der Waals surface area contributed by atoms with E-state index in [1.807, 2.05) is 18.2 Å². The van der Waals surface area contributed by atoms with Crippen molar-refractivity contribution >= 4 is 33.9 Å². The Morgan fingerprint density at radius 3 is 2.70 bits per heavy atom. The Morgan fingerprint density at radius 1 is 1.20 bits per heavy atom. The van der Waals surface area contributed by atoms with Crippen molar-refractivity contribution < 1.29 is 9.90 Å². The Labute approximate surface area is 124 Å². The molecule has 0 atom stereocenters. The fourth-order valence-corrected chi connectivity index (χ4v) is 1.85. The topological polar surface area (TPSA) is 73.7 Å². The lowest BCUT2D eigenvalue weighted by atomic mass is 10.2. The van der Waals surface area contributed by atoms with Crippen molar-refractivity contribution in [2.75, 3.05) is 5.32 Å². The molecule has 2 aromatic carbocycles. The summed E-state index contributed by atoms with van der Waals surface area (Å²) in [6, 6.07) is 13.5. The summed E-state index contributed by atoms with van der Waals surface area (Å²) in [5.74, 6) is 0.0854. The highest BCUT2D eigenvalue weighted by Gasteiger charge is 2.00. The van der Waals surface area contributed by atoms with Gasteiger partial charge in [0.25, 0.3) is 0 Å². The number of phenols is 1. The first kappa shape index (κ1) is 14.1. The molecule has 0 radical (unpaired) electrons. The third kappa shape index (κ3) is 4.10. The molecule has 102 valence electrons. The lowest BCUT2D eigenvalue weighted by Gasteiger charge is -2.03. The first-order chi connectivity index (χ1) is 9.65. The van der Waals surface area contributed by atoms with E-state index in [1.165, 1.54) is 12.3 Å². The van der Waals surface area contributed by atoms with Crippen molar-refractivity contribution in [3.8, 4) is 5.75 Å². The van der Waals surface area contributed by atoms with Gasteiger partial charge in [0, 0.05) is 15.7 Å². The molecule has 20 heavy (non-hydrogen) atoms. The molecule has 0 saturated carbocycles. The molecule has 5 nitrogen and oxygen atoms in total. The zero-order valence-corrected chi connectivity index (χ0v) is 12.0. The third-order valence-corrected chi connectivity index (χ3v) is 2.88. The van der Waals surface area contributed by atoms with Gasteiger partial charge in [0.2, 0.25) is 0 Å². The minimum absolute atomic E-state index is 0.0854. The molecule has 0 unspecified atom stereocenters. The van der Waals surface area contributed by atoms with Gasteiger partial charge in [0.15, 0.2) is 0 Å². The fraction of sp³-hybridized carbons (Fsp3) is 0. The van der Waals surface area contributed by atoms with Crippen molar-refractivity contribution in [1.29, 1.82) is 0 Å². The number of carbonyl (C=O) groups excluding carboxylic acids is 1. The van der Waals surface area contributed by atoms with Crippen LogP contribution >= 0.6 is 15.9 Å². The quantitative estimate of drug-likeness (QED) is 0.595. The van der Waals surface area contributed by atoms with Gasteiger partial charge in [-0.05, 0) is 30.3 Å². The van der Waals surface area contributed by atoms with Gasteiger partial charge in [-0.1, -0.05) is 34.1 Å². The number of urea groups is 1. The molecular formula is C14H12BrN3O2. The molecule has 0 bridgehead atoms. The van der Waals surface area contributed by atoms with Gasteiger partial charge >= 0.3 is 6.03 Å². The van der Waals surface area contributed by atoms with Crippen LogP contribution in [-0.4, -0.2) is 17.4 Å². The lowest BCUT2D eigenvalue weighted by Crippen LogP contribution is -2.24. The summed E-state index contributed by atoms with van der Waals surface area (Å²) in [6.07, 6.45) is 1.37. The number of hydrogen-bond donors (Lipinski definition) is 3. The number of hydrazone groups is 1. The van der Waals surface area contributed by atoms with Crippen molar-refractivity contribution in [2.45, 2.75) is 0 Å². The Balaban J connectivity index is 1.93. The van der Waals surface area contributed by atoms with Crippen molar-refractivity contribution in [1.82, 2.24) is 5.43 Å². The zero-order chi connectivity index (χ0) is 14.4. The van der Waals surface area contributed by atoms with Crippen LogP contribution in [0.15, 0.2) is 58.1 Å². The van der Waals surface area contributed by atoms with E-state index < -0.39 is 6.03 Å². The third-order valence-electron chi connectivity index (χ3n) is 2.39. The van der Waals surface area contributed by atoms with Gasteiger partial charge in [0.1, 0.15) is 5.75 Å². The molecule has 0 spiro atoms. The Hall–Kier alpha value is -2.34. The molecule has 2 aromatic rings. The van der Waals surface area contributed by atoms with Crippen LogP contribution in [0.2, 0.25) is 0 Å². The van der Waals surface area contributed by atoms with Crippen LogP contribution in [0.25, 0.3) is 0 Å². The number of halogens is 1.